The molecule has 0 saturated heterocycles. The number of hydrogen-bond donors (Lipinski definition) is 1. The summed E-state index contributed by atoms with van der Waals surface area (Å²) in [6, 6.07) is 0. The van der Waals surface area contributed by atoms with Crippen molar-refractivity contribution in [1.82, 2.24) is 9.97 Å². The Bertz CT molecular complexity index is 456. The Balaban J connectivity index is 2.09. The number of allylic oxidation sites excluding steroid dienone is 2. The van der Waals surface area contributed by atoms with Crippen molar-refractivity contribution in [3.05, 3.63) is 24.7 Å². The van der Waals surface area contributed by atoms with E-state index in [2.05, 4.69) is 27.4 Å². The molecule has 0 aliphatic heterocycles. The summed E-state index contributed by atoms with van der Waals surface area (Å²) in [4.78, 5) is 22.1. The quantitative estimate of drug-likeness (QED) is 0.827. The number of hydrogen-bond acceptors (Lipinski definition) is 4. The van der Waals surface area contributed by atoms with E-state index < -0.39 is 0 Å². The molecule has 1 aliphatic rings. The lowest BCUT2D eigenvalue weighted by Crippen LogP contribution is -2.25. The Kier molecular flexibility index (Phi) is 3.92. The van der Waals surface area contributed by atoms with E-state index in [1.807, 2.05) is 19.0 Å². The van der Waals surface area contributed by atoms with Gasteiger partial charge in [0.2, 0.25) is 5.91 Å². The molecule has 1 atom stereocenters. The highest BCUT2D eigenvalue weighted by Gasteiger charge is 2.20. The molecule has 0 radical (unpaired) electrons. The maximum atomic E-state index is 12.1. The first-order valence-corrected chi connectivity index (χ1v) is 6.11. The van der Waals surface area contributed by atoms with E-state index >= 15 is 0 Å². The summed E-state index contributed by atoms with van der Waals surface area (Å²) in [6.45, 7) is 0. The number of nitrogens with zero attached hydrogens (tertiary/aromatic N) is 3. The predicted molar refractivity (Wildman–Crippen MR) is 71.5 cm³/mol. The molecule has 0 saturated carbocycles. The van der Waals surface area contributed by atoms with E-state index in [0.717, 1.165) is 25.1 Å². The van der Waals surface area contributed by atoms with Gasteiger partial charge < -0.3 is 10.2 Å². The maximum Gasteiger partial charge on any atom is 0.227 e. The fourth-order valence-corrected chi connectivity index (χ4v) is 2.03. The van der Waals surface area contributed by atoms with Gasteiger partial charge in [-0.15, -0.1) is 0 Å². The van der Waals surface area contributed by atoms with E-state index in [1.165, 1.54) is 6.33 Å². The molecule has 1 aliphatic carbocycles. The van der Waals surface area contributed by atoms with Gasteiger partial charge in [0.15, 0.2) is 5.82 Å². The summed E-state index contributed by atoms with van der Waals surface area (Å²) >= 11 is 0. The van der Waals surface area contributed by atoms with Crippen molar-refractivity contribution >= 4 is 17.4 Å². The van der Waals surface area contributed by atoms with Crippen LogP contribution in [0.15, 0.2) is 24.7 Å². The van der Waals surface area contributed by atoms with Crippen LogP contribution in [0, 0.1) is 5.92 Å². The standard InChI is InChI=1S/C13H18N4O/c1-17(2)12-11(8-14-9-15-12)16-13(18)10-6-4-3-5-7-10/h3-4,8-10H,5-7H2,1-2H3,(H,16,18)/t10-/m0/s1. The van der Waals surface area contributed by atoms with Crippen molar-refractivity contribution < 1.29 is 4.79 Å². The van der Waals surface area contributed by atoms with Gasteiger partial charge in [-0.25, -0.2) is 9.97 Å². The molecule has 0 unspecified atom stereocenters. The van der Waals surface area contributed by atoms with Crippen LogP contribution >= 0.6 is 0 Å². The van der Waals surface area contributed by atoms with Gasteiger partial charge in [0, 0.05) is 20.0 Å². The van der Waals surface area contributed by atoms with E-state index in [9.17, 15) is 4.79 Å². The second-order valence-corrected chi connectivity index (χ2v) is 4.63. The molecule has 0 fully saturated rings. The second kappa shape index (κ2) is 5.62. The minimum atomic E-state index is 0.0530. The molecule has 96 valence electrons. The summed E-state index contributed by atoms with van der Waals surface area (Å²) in [5.74, 6) is 0.840. The predicted octanol–water partition coefficient (Wildman–Crippen LogP) is 1.84. The van der Waals surface area contributed by atoms with Gasteiger partial charge in [-0.05, 0) is 19.3 Å². The minimum Gasteiger partial charge on any atom is -0.361 e. The normalized spacial score (nSPS) is 18.4. The van der Waals surface area contributed by atoms with Crippen molar-refractivity contribution in [3.63, 3.8) is 0 Å². The molecule has 1 heterocycles. The van der Waals surface area contributed by atoms with Crippen LogP contribution in [-0.2, 0) is 4.79 Å². The average molecular weight is 246 g/mol. The number of carbonyl (C=O) groups excluding carboxylic acids is 1. The topological polar surface area (TPSA) is 58.1 Å². The zero-order chi connectivity index (χ0) is 13.0. The number of nitrogens with one attached hydrogen (secondary N) is 1. The van der Waals surface area contributed by atoms with Crippen molar-refractivity contribution in [2.75, 3.05) is 24.3 Å². The number of rotatable bonds is 3. The van der Waals surface area contributed by atoms with Crippen LogP contribution in [0.2, 0.25) is 0 Å². The van der Waals surface area contributed by atoms with Crippen LogP contribution in [0.5, 0.6) is 0 Å². The zero-order valence-electron chi connectivity index (χ0n) is 10.8. The highest BCUT2D eigenvalue weighted by Crippen LogP contribution is 2.23. The fourth-order valence-electron chi connectivity index (χ4n) is 2.03. The van der Waals surface area contributed by atoms with Crippen LogP contribution < -0.4 is 10.2 Å². The number of anilines is 2. The van der Waals surface area contributed by atoms with Gasteiger partial charge in [-0.2, -0.15) is 0 Å². The van der Waals surface area contributed by atoms with Crippen molar-refractivity contribution in [2.45, 2.75) is 19.3 Å². The van der Waals surface area contributed by atoms with E-state index in [1.54, 1.807) is 6.20 Å². The molecule has 1 aromatic rings. The van der Waals surface area contributed by atoms with Gasteiger partial charge >= 0.3 is 0 Å². The Morgan fingerprint density at radius 3 is 2.94 bits per heavy atom. The summed E-state index contributed by atoms with van der Waals surface area (Å²) in [6.07, 6.45) is 10.0. The van der Waals surface area contributed by atoms with Gasteiger partial charge in [-0.1, -0.05) is 12.2 Å². The first kappa shape index (κ1) is 12.5. The van der Waals surface area contributed by atoms with Gasteiger partial charge in [0.05, 0.1) is 6.20 Å². The fraction of sp³-hybridized carbons (Fsp3) is 0.462. The Labute approximate surface area is 107 Å². The van der Waals surface area contributed by atoms with Crippen LogP contribution in [0.3, 0.4) is 0 Å². The van der Waals surface area contributed by atoms with Crippen LogP contribution in [0.4, 0.5) is 11.5 Å². The lowest BCUT2D eigenvalue weighted by atomic mass is 9.93. The van der Waals surface area contributed by atoms with Crippen molar-refractivity contribution in [3.8, 4) is 0 Å². The minimum absolute atomic E-state index is 0.0530. The molecule has 2 rings (SSSR count). The Hall–Kier alpha value is -1.91. The molecule has 5 heteroatoms. The van der Waals surface area contributed by atoms with Crippen LogP contribution in [-0.4, -0.2) is 30.0 Å². The largest absolute Gasteiger partial charge is 0.361 e. The molecular weight excluding hydrogens is 228 g/mol. The summed E-state index contributed by atoms with van der Waals surface area (Å²) in [5.41, 5.74) is 0.669. The molecule has 5 nitrogen and oxygen atoms in total. The summed E-state index contributed by atoms with van der Waals surface area (Å²) < 4.78 is 0. The van der Waals surface area contributed by atoms with Crippen molar-refractivity contribution in [1.29, 1.82) is 0 Å². The summed E-state index contributed by atoms with van der Waals surface area (Å²) in [7, 11) is 3.78. The Morgan fingerprint density at radius 2 is 2.28 bits per heavy atom. The molecular formula is C13H18N4O. The lowest BCUT2D eigenvalue weighted by molar-refractivity contribution is -0.120. The SMILES string of the molecule is CN(C)c1ncncc1NC(=O)[C@H]1CC=CCC1. The molecule has 0 spiro atoms. The first-order valence-electron chi connectivity index (χ1n) is 6.11. The highest BCUT2D eigenvalue weighted by molar-refractivity contribution is 5.95. The maximum absolute atomic E-state index is 12.1. The van der Waals surface area contributed by atoms with Gasteiger partial charge in [-0.3, -0.25) is 4.79 Å². The molecule has 0 bridgehead atoms. The highest BCUT2D eigenvalue weighted by atomic mass is 16.1. The van der Waals surface area contributed by atoms with E-state index in [4.69, 9.17) is 0 Å². The third kappa shape index (κ3) is 2.85. The van der Waals surface area contributed by atoms with Gasteiger partial charge in [0.25, 0.3) is 0 Å². The summed E-state index contributed by atoms with van der Waals surface area (Å²) in [5, 5.41) is 2.92. The molecule has 1 aromatic heterocycles. The van der Waals surface area contributed by atoms with Crippen LogP contribution in [0.25, 0.3) is 0 Å². The molecule has 18 heavy (non-hydrogen) atoms. The van der Waals surface area contributed by atoms with E-state index in [-0.39, 0.29) is 11.8 Å². The first-order chi connectivity index (χ1) is 8.68. The third-order valence-electron chi connectivity index (χ3n) is 3.01. The molecule has 1 amide bonds. The number of aromatic nitrogens is 2. The average Bonchev–Trinajstić information content (AvgIpc) is 2.40. The zero-order valence-corrected chi connectivity index (χ0v) is 10.8. The van der Waals surface area contributed by atoms with Crippen molar-refractivity contribution in [2.24, 2.45) is 5.92 Å². The smallest absolute Gasteiger partial charge is 0.227 e. The third-order valence-corrected chi connectivity index (χ3v) is 3.01. The number of amides is 1. The van der Waals surface area contributed by atoms with Gasteiger partial charge in [0.1, 0.15) is 12.0 Å². The lowest BCUT2D eigenvalue weighted by Gasteiger charge is -2.20. The number of carbonyl (C=O) groups is 1. The second-order valence-electron chi connectivity index (χ2n) is 4.63. The Morgan fingerprint density at radius 1 is 1.44 bits per heavy atom. The monoisotopic (exact) mass is 246 g/mol. The molecule has 0 aromatic carbocycles. The molecule has 1 N–H and O–H groups in total. The van der Waals surface area contributed by atoms with Crippen LogP contribution in [0.1, 0.15) is 19.3 Å². The van der Waals surface area contributed by atoms with E-state index in [0.29, 0.717) is 5.69 Å².